The first-order valence-electron chi connectivity index (χ1n) is 5.07. The van der Waals surface area contributed by atoms with Gasteiger partial charge < -0.3 is 10.4 Å². The van der Waals surface area contributed by atoms with Crippen LogP contribution in [-0.4, -0.2) is 33.1 Å². The van der Waals surface area contributed by atoms with Crippen molar-refractivity contribution in [1.82, 2.24) is 5.32 Å². The van der Waals surface area contributed by atoms with Crippen LogP contribution < -0.4 is 5.32 Å². The zero-order valence-corrected chi connectivity index (χ0v) is 10.3. The van der Waals surface area contributed by atoms with Gasteiger partial charge in [-0.05, 0) is 6.07 Å². The van der Waals surface area contributed by atoms with E-state index in [4.69, 9.17) is 0 Å². The topological polar surface area (TPSA) is 117 Å². The Labute approximate surface area is 111 Å². The maximum absolute atomic E-state index is 10.9. The van der Waals surface area contributed by atoms with Crippen molar-refractivity contribution in [1.29, 1.82) is 0 Å². The van der Waals surface area contributed by atoms with E-state index in [9.17, 15) is 20.0 Å². The summed E-state index contributed by atoms with van der Waals surface area (Å²) in [5.41, 5.74) is 0.0869. The van der Waals surface area contributed by atoms with Crippen LogP contribution in [0.1, 0.15) is 5.56 Å². The van der Waals surface area contributed by atoms with E-state index in [1.165, 1.54) is 30.1 Å². The van der Waals surface area contributed by atoms with Crippen molar-refractivity contribution in [3.8, 4) is 5.75 Å². The SMILES string of the molecule is O=C1CSC(=NN=Cc2ccc([N+](=O)[O-])cc2O)N1. The molecule has 0 aliphatic carbocycles. The zero-order valence-electron chi connectivity index (χ0n) is 9.44. The molecule has 2 N–H and O–H groups in total. The molecule has 1 heterocycles. The van der Waals surface area contributed by atoms with Gasteiger partial charge in [0, 0.05) is 11.6 Å². The Balaban J connectivity index is 2.11. The molecule has 1 saturated heterocycles. The number of carbonyl (C=O) groups is 1. The molecule has 0 aromatic heterocycles. The van der Waals surface area contributed by atoms with Crippen LogP contribution in [0.2, 0.25) is 0 Å². The van der Waals surface area contributed by atoms with Crippen molar-refractivity contribution in [2.24, 2.45) is 10.2 Å². The molecule has 0 radical (unpaired) electrons. The maximum Gasteiger partial charge on any atom is 0.273 e. The number of phenols is 1. The van der Waals surface area contributed by atoms with E-state index >= 15 is 0 Å². The Morgan fingerprint density at radius 2 is 2.32 bits per heavy atom. The highest BCUT2D eigenvalue weighted by Crippen LogP contribution is 2.22. The summed E-state index contributed by atoms with van der Waals surface area (Å²) in [4.78, 5) is 20.7. The molecule has 1 fully saturated rings. The third-order valence-corrected chi connectivity index (χ3v) is 3.02. The molecule has 1 amide bonds. The molecular weight excluding hydrogens is 272 g/mol. The standard InChI is InChI=1S/C10H8N4O4S/c15-8-3-7(14(17)18)2-1-6(8)4-11-13-10-12-9(16)5-19-10/h1-4,15H,5H2,(H,12,13,16). The Morgan fingerprint density at radius 1 is 1.53 bits per heavy atom. The van der Waals surface area contributed by atoms with Crippen molar-refractivity contribution in [3.05, 3.63) is 33.9 Å². The summed E-state index contributed by atoms with van der Waals surface area (Å²) in [5, 5.41) is 30.3. The number of nitrogens with zero attached hydrogens (tertiary/aromatic N) is 3. The van der Waals surface area contributed by atoms with Crippen LogP contribution in [0.5, 0.6) is 5.75 Å². The van der Waals surface area contributed by atoms with Crippen LogP contribution in [0.15, 0.2) is 28.4 Å². The number of non-ortho nitro benzene ring substituents is 1. The largest absolute Gasteiger partial charge is 0.507 e. The van der Waals surface area contributed by atoms with Crippen molar-refractivity contribution in [2.75, 3.05) is 5.75 Å². The first-order chi connectivity index (χ1) is 9.06. The monoisotopic (exact) mass is 280 g/mol. The van der Waals surface area contributed by atoms with Crippen LogP contribution in [0.4, 0.5) is 5.69 Å². The zero-order chi connectivity index (χ0) is 13.8. The fourth-order valence-corrected chi connectivity index (χ4v) is 1.91. The number of carbonyl (C=O) groups excluding carboxylic acids is 1. The highest BCUT2D eigenvalue weighted by atomic mass is 32.2. The molecule has 9 heteroatoms. The summed E-state index contributed by atoms with van der Waals surface area (Å²) in [6.07, 6.45) is 1.25. The first-order valence-corrected chi connectivity index (χ1v) is 6.06. The number of amides is 1. The van der Waals surface area contributed by atoms with Gasteiger partial charge in [-0.25, -0.2) is 0 Å². The van der Waals surface area contributed by atoms with E-state index in [2.05, 4.69) is 15.5 Å². The smallest absolute Gasteiger partial charge is 0.273 e. The van der Waals surface area contributed by atoms with Gasteiger partial charge in [-0.2, -0.15) is 5.10 Å². The minimum absolute atomic E-state index is 0.142. The van der Waals surface area contributed by atoms with Gasteiger partial charge >= 0.3 is 0 Å². The number of hydrogen-bond donors (Lipinski definition) is 2. The molecule has 98 valence electrons. The Hall–Kier alpha value is -2.42. The molecule has 0 bridgehead atoms. The molecule has 0 atom stereocenters. The van der Waals surface area contributed by atoms with Crippen LogP contribution in [0.25, 0.3) is 0 Å². The van der Waals surface area contributed by atoms with Gasteiger partial charge in [0.1, 0.15) is 5.75 Å². The molecule has 1 aliphatic rings. The first kappa shape index (κ1) is 13.0. The second kappa shape index (κ2) is 5.48. The maximum atomic E-state index is 10.9. The third-order valence-electron chi connectivity index (χ3n) is 2.16. The number of rotatable bonds is 3. The lowest BCUT2D eigenvalue weighted by molar-refractivity contribution is -0.384. The van der Waals surface area contributed by atoms with Crippen molar-refractivity contribution in [2.45, 2.75) is 0 Å². The van der Waals surface area contributed by atoms with Crippen LogP contribution in [0, 0.1) is 10.1 Å². The van der Waals surface area contributed by atoms with Gasteiger partial charge in [0.2, 0.25) is 5.91 Å². The summed E-state index contributed by atoms with van der Waals surface area (Å²) in [5.74, 6) is -0.102. The fourth-order valence-electron chi connectivity index (χ4n) is 1.28. The van der Waals surface area contributed by atoms with E-state index in [-0.39, 0.29) is 17.3 Å². The van der Waals surface area contributed by atoms with Crippen LogP contribution >= 0.6 is 11.8 Å². The number of hydrogen-bond acceptors (Lipinski definition) is 7. The number of thioether (sulfide) groups is 1. The molecular formula is C10H8N4O4S. The highest BCUT2D eigenvalue weighted by molar-refractivity contribution is 8.15. The van der Waals surface area contributed by atoms with E-state index in [0.717, 1.165) is 6.07 Å². The number of phenolic OH excluding ortho intramolecular Hbond substituents is 1. The molecule has 1 aromatic carbocycles. The number of nitro groups is 1. The van der Waals surface area contributed by atoms with Gasteiger partial charge in [0.25, 0.3) is 5.69 Å². The molecule has 0 unspecified atom stereocenters. The Kier molecular flexibility index (Phi) is 3.76. The second-order valence-corrected chi connectivity index (χ2v) is 4.45. The average Bonchev–Trinajstić information content (AvgIpc) is 2.77. The van der Waals surface area contributed by atoms with Crippen LogP contribution in [-0.2, 0) is 4.79 Å². The normalized spacial score (nSPS) is 17.1. The average molecular weight is 280 g/mol. The van der Waals surface area contributed by atoms with Gasteiger partial charge in [-0.15, -0.1) is 5.10 Å². The number of benzene rings is 1. The van der Waals surface area contributed by atoms with Crippen molar-refractivity contribution < 1.29 is 14.8 Å². The van der Waals surface area contributed by atoms with E-state index in [0.29, 0.717) is 16.5 Å². The predicted octanol–water partition coefficient (Wildman–Crippen LogP) is 0.853. The molecule has 1 aliphatic heterocycles. The number of nitro benzene ring substituents is 1. The number of aromatic hydroxyl groups is 1. The summed E-state index contributed by atoms with van der Waals surface area (Å²) in [6, 6.07) is 3.64. The molecule has 0 spiro atoms. The van der Waals surface area contributed by atoms with E-state index in [1.54, 1.807) is 0 Å². The van der Waals surface area contributed by atoms with Crippen molar-refractivity contribution >= 4 is 34.7 Å². The van der Waals surface area contributed by atoms with E-state index < -0.39 is 4.92 Å². The molecule has 0 saturated carbocycles. The Morgan fingerprint density at radius 3 is 2.89 bits per heavy atom. The fraction of sp³-hybridized carbons (Fsp3) is 0.100. The van der Waals surface area contributed by atoms with Gasteiger partial charge in [-0.3, -0.25) is 14.9 Å². The van der Waals surface area contributed by atoms with Gasteiger partial charge in [-0.1, -0.05) is 11.8 Å². The minimum Gasteiger partial charge on any atom is -0.507 e. The third kappa shape index (κ3) is 3.28. The summed E-state index contributed by atoms with van der Waals surface area (Å²) in [7, 11) is 0. The highest BCUT2D eigenvalue weighted by Gasteiger charge is 2.16. The predicted molar refractivity (Wildman–Crippen MR) is 70.4 cm³/mol. The molecule has 19 heavy (non-hydrogen) atoms. The molecule has 2 rings (SSSR count). The summed E-state index contributed by atoms with van der Waals surface area (Å²) in [6.45, 7) is 0. The number of nitrogens with one attached hydrogen (secondary N) is 1. The minimum atomic E-state index is -0.606. The lowest BCUT2D eigenvalue weighted by Crippen LogP contribution is -2.19. The molecule has 1 aromatic rings. The summed E-state index contributed by atoms with van der Waals surface area (Å²) >= 11 is 1.22. The van der Waals surface area contributed by atoms with Crippen molar-refractivity contribution in [3.63, 3.8) is 0 Å². The van der Waals surface area contributed by atoms with Crippen LogP contribution in [0.3, 0.4) is 0 Å². The van der Waals surface area contributed by atoms with Gasteiger partial charge in [0.15, 0.2) is 5.17 Å². The van der Waals surface area contributed by atoms with Gasteiger partial charge in [0.05, 0.1) is 23.0 Å². The second-order valence-electron chi connectivity index (χ2n) is 3.49. The molecule has 8 nitrogen and oxygen atoms in total. The lowest BCUT2D eigenvalue weighted by Gasteiger charge is -1.97. The lowest BCUT2D eigenvalue weighted by atomic mass is 10.2. The van der Waals surface area contributed by atoms with E-state index in [1.807, 2.05) is 0 Å². The quantitative estimate of drug-likeness (QED) is 0.483. The Bertz CT molecular complexity index is 599. The summed E-state index contributed by atoms with van der Waals surface area (Å²) < 4.78 is 0. The number of amidine groups is 1.